The molecule has 3 aromatic rings. The van der Waals surface area contributed by atoms with E-state index in [1.807, 2.05) is 13.1 Å². The van der Waals surface area contributed by atoms with Gasteiger partial charge in [-0.05, 0) is 30.0 Å². The van der Waals surface area contributed by atoms with Crippen molar-refractivity contribution in [3.05, 3.63) is 46.0 Å². The second-order valence-corrected chi connectivity index (χ2v) is 5.90. The molecule has 0 spiro atoms. The molecule has 19 heavy (non-hydrogen) atoms. The van der Waals surface area contributed by atoms with Gasteiger partial charge in [-0.2, -0.15) is 0 Å². The highest BCUT2D eigenvalue weighted by Crippen LogP contribution is 2.19. The van der Waals surface area contributed by atoms with Gasteiger partial charge in [-0.15, -0.1) is 22.9 Å². The molecule has 98 valence electrons. The third kappa shape index (κ3) is 2.51. The minimum Gasteiger partial charge on any atom is -0.307 e. The molecule has 0 fully saturated rings. The summed E-state index contributed by atoms with van der Waals surface area (Å²) in [5.74, 6) is 1.59. The first-order valence-corrected chi connectivity index (χ1v) is 7.59. The number of halogens is 1. The van der Waals surface area contributed by atoms with Crippen LogP contribution in [0.3, 0.4) is 0 Å². The predicted molar refractivity (Wildman–Crippen MR) is 80.1 cm³/mol. The van der Waals surface area contributed by atoms with Crippen molar-refractivity contribution in [1.82, 2.24) is 14.5 Å². The van der Waals surface area contributed by atoms with Gasteiger partial charge in [0.25, 0.3) is 0 Å². The van der Waals surface area contributed by atoms with Crippen LogP contribution in [0.5, 0.6) is 0 Å². The lowest BCUT2D eigenvalue weighted by Crippen LogP contribution is -2.05. The van der Waals surface area contributed by atoms with E-state index >= 15 is 0 Å². The molecule has 0 bridgehead atoms. The van der Waals surface area contributed by atoms with Crippen LogP contribution in [0, 0.1) is 6.92 Å². The van der Waals surface area contributed by atoms with Crippen LogP contribution in [0.2, 0.25) is 0 Å². The topological polar surface area (TPSA) is 30.7 Å². The molecule has 0 saturated heterocycles. The molecule has 0 N–H and O–H groups in total. The van der Waals surface area contributed by atoms with Gasteiger partial charge in [0.2, 0.25) is 0 Å². The smallest absolute Gasteiger partial charge is 0.160 e. The van der Waals surface area contributed by atoms with Crippen molar-refractivity contribution in [2.24, 2.45) is 0 Å². The lowest BCUT2D eigenvalue weighted by atomic mass is 10.3. The zero-order chi connectivity index (χ0) is 13.2. The minimum absolute atomic E-state index is 0.576. The van der Waals surface area contributed by atoms with Gasteiger partial charge in [0.1, 0.15) is 11.3 Å². The number of hydrogen-bond donors (Lipinski definition) is 0. The van der Waals surface area contributed by atoms with Crippen LogP contribution >= 0.6 is 22.9 Å². The first kappa shape index (κ1) is 12.6. The van der Waals surface area contributed by atoms with Crippen LogP contribution in [-0.2, 0) is 13.0 Å². The molecule has 3 aromatic heterocycles. The van der Waals surface area contributed by atoms with Crippen LogP contribution in [0.25, 0.3) is 11.2 Å². The maximum absolute atomic E-state index is 5.88. The Morgan fingerprint density at radius 2 is 2.32 bits per heavy atom. The van der Waals surface area contributed by atoms with Gasteiger partial charge in [0.15, 0.2) is 5.65 Å². The fourth-order valence-electron chi connectivity index (χ4n) is 2.16. The lowest BCUT2D eigenvalue weighted by molar-refractivity contribution is 0.756. The van der Waals surface area contributed by atoms with E-state index < -0.39 is 0 Å². The number of hydrogen-bond acceptors (Lipinski definition) is 3. The third-order valence-electron chi connectivity index (χ3n) is 3.01. The normalized spacial score (nSPS) is 11.3. The number of pyridine rings is 1. The lowest BCUT2D eigenvalue weighted by Gasteiger charge is -2.06. The Morgan fingerprint density at radius 3 is 3.05 bits per heavy atom. The highest BCUT2D eigenvalue weighted by atomic mass is 35.5. The Morgan fingerprint density at radius 1 is 1.42 bits per heavy atom. The number of nitrogens with zero attached hydrogens (tertiary/aromatic N) is 3. The molecule has 3 nitrogen and oxygen atoms in total. The zero-order valence-corrected chi connectivity index (χ0v) is 12.2. The molecule has 5 heteroatoms. The van der Waals surface area contributed by atoms with Crippen molar-refractivity contribution in [2.45, 2.75) is 19.9 Å². The zero-order valence-electron chi connectivity index (χ0n) is 10.6. The number of aryl methyl sites for hydroxylation is 2. The second-order valence-electron chi connectivity index (χ2n) is 4.49. The summed E-state index contributed by atoms with van der Waals surface area (Å²) in [4.78, 5) is 10.5. The maximum atomic E-state index is 5.88. The largest absolute Gasteiger partial charge is 0.307 e. The summed E-state index contributed by atoms with van der Waals surface area (Å²) in [5.41, 5.74) is 3.03. The Labute approximate surface area is 120 Å². The fourth-order valence-corrected chi connectivity index (χ4v) is 3.02. The van der Waals surface area contributed by atoms with Crippen LogP contribution in [-0.4, -0.2) is 20.4 Å². The molecule has 0 aromatic carbocycles. The molecule has 0 unspecified atom stereocenters. The SMILES string of the molecule is Cc1cnc2c(c1)nc(CCCl)n2Cc1cccs1. The van der Waals surface area contributed by atoms with Crippen LogP contribution < -0.4 is 0 Å². The number of alkyl halides is 1. The molecule has 0 atom stereocenters. The van der Waals surface area contributed by atoms with Gasteiger partial charge in [-0.25, -0.2) is 9.97 Å². The van der Waals surface area contributed by atoms with Gasteiger partial charge in [-0.1, -0.05) is 6.07 Å². The molecule has 0 aliphatic carbocycles. The quantitative estimate of drug-likeness (QED) is 0.687. The summed E-state index contributed by atoms with van der Waals surface area (Å²) in [7, 11) is 0. The predicted octanol–water partition coefficient (Wildman–Crippen LogP) is 3.63. The average molecular weight is 292 g/mol. The highest BCUT2D eigenvalue weighted by Gasteiger charge is 2.12. The molecule has 0 aliphatic heterocycles. The number of imidazole rings is 1. The second kappa shape index (κ2) is 5.31. The van der Waals surface area contributed by atoms with Crippen LogP contribution in [0.15, 0.2) is 29.8 Å². The van der Waals surface area contributed by atoms with E-state index in [1.54, 1.807) is 11.3 Å². The highest BCUT2D eigenvalue weighted by molar-refractivity contribution is 7.09. The Kier molecular flexibility index (Phi) is 3.53. The summed E-state index contributed by atoms with van der Waals surface area (Å²) in [6.07, 6.45) is 2.65. The van der Waals surface area contributed by atoms with E-state index in [4.69, 9.17) is 11.6 Å². The molecule has 0 aliphatic rings. The van der Waals surface area contributed by atoms with Gasteiger partial charge in [0.05, 0.1) is 6.54 Å². The third-order valence-corrected chi connectivity index (χ3v) is 4.06. The van der Waals surface area contributed by atoms with E-state index in [0.29, 0.717) is 5.88 Å². The summed E-state index contributed by atoms with van der Waals surface area (Å²) >= 11 is 7.63. The van der Waals surface area contributed by atoms with E-state index in [2.05, 4.69) is 38.1 Å². The molecule has 0 amide bonds. The molecule has 0 radical (unpaired) electrons. The molecular formula is C14H14ClN3S. The Hall–Kier alpha value is -1.39. The first-order valence-electron chi connectivity index (χ1n) is 6.18. The van der Waals surface area contributed by atoms with Gasteiger partial charge in [-0.3, -0.25) is 0 Å². The summed E-state index contributed by atoms with van der Waals surface area (Å²) < 4.78 is 2.17. The van der Waals surface area contributed by atoms with E-state index in [1.165, 1.54) is 4.88 Å². The van der Waals surface area contributed by atoms with Crippen molar-refractivity contribution in [2.75, 3.05) is 5.88 Å². The van der Waals surface area contributed by atoms with Gasteiger partial charge in [0, 0.05) is 23.4 Å². The van der Waals surface area contributed by atoms with E-state index in [9.17, 15) is 0 Å². The van der Waals surface area contributed by atoms with Crippen molar-refractivity contribution in [3.63, 3.8) is 0 Å². The van der Waals surface area contributed by atoms with Crippen molar-refractivity contribution >= 4 is 34.1 Å². The summed E-state index contributed by atoms with van der Waals surface area (Å²) in [6.45, 7) is 2.85. The average Bonchev–Trinajstić information content (AvgIpc) is 2.99. The number of thiophene rings is 1. The van der Waals surface area contributed by atoms with Crippen LogP contribution in [0.1, 0.15) is 16.3 Å². The number of fused-ring (bicyclic) bond motifs is 1. The fraction of sp³-hybridized carbons (Fsp3) is 0.286. The minimum atomic E-state index is 0.576. The standard InChI is InChI=1S/C14H14ClN3S/c1-10-7-12-14(16-8-10)18(13(17-12)4-5-15)9-11-3-2-6-19-11/h2-3,6-8H,4-5,9H2,1H3. The maximum Gasteiger partial charge on any atom is 0.160 e. The van der Waals surface area contributed by atoms with Crippen molar-refractivity contribution in [3.8, 4) is 0 Å². The van der Waals surface area contributed by atoms with E-state index in [0.717, 1.165) is 35.5 Å². The first-order chi connectivity index (χ1) is 9.28. The van der Waals surface area contributed by atoms with E-state index in [-0.39, 0.29) is 0 Å². The van der Waals surface area contributed by atoms with Gasteiger partial charge >= 0.3 is 0 Å². The van der Waals surface area contributed by atoms with Gasteiger partial charge < -0.3 is 4.57 Å². The molecule has 3 rings (SSSR count). The monoisotopic (exact) mass is 291 g/mol. The molecule has 0 saturated carbocycles. The number of rotatable bonds is 4. The summed E-state index contributed by atoms with van der Waals surface area (Å²) in [5, 5.41) is 2.09. The molecule has 3 heterocycles. The Balaban J connectivity index is 2.10. The van der Waals surface area contributed by atoms with Crippen LogP contribution in [0.4, 0.5) is 0 Å². The Bertz CT molecular complexity index is 688. The van der Waals surface area contributed by atoms with Crippen molar-refractivity contribution in [1.29, 1.82) is 0 Å². The number of aromatic nitrogens is 3. The summed E-state index contributed by atoms with van der Waals surface area (Å²) in [6, 6.07) is 6.28. The van der Waals surface area contributed by atoms with Crippen molar-refractivity contribution < 1.29 is 0 Å². The molecular weight excluding hydrogens is 278 g/mol.